The van der Waals surface area contributed by atoms with Gasteiger partial charge in [-0.15, -0.1) is 0 Å². The van der Waals surface area contributed by atoms with Gasteiger partial charge in [0, 0.05) is 19.3 Å². The zero-order valence-electron chi connectivity index (χ0n) is 49.9. The number of carbonyl (C=O) groups is 3. The average molecular weight is 1070 g/mol. The molecule has 1 unspecified atom stereocenters. The molecule has 436 valence electrons. The molecule has 0 aromatic carbocycles. The van der Waals surface area contributed by atoms with Crippen molar-refractivity contribution < 1.29 is 28.6 Å². The molecule has 0 N–H and O–H groups in total. The predicted molar refractivity (Wildman–Crippen MR) is 334 cm³/mol. The molecule has 0 spiro atoms. The standard InChI is InChI=1S/C71H116O6/c1-4-7-10-13-16-19-22-24-26-28-30-32-33-34-35-36-37-39-40-42-44-46-49-52-55-58-61-64-70(73)76-67-68(66-75-69(72)63-60-57-54-51-48-21-18-15-12-9-6-3)77-71(74)65-62-59-56-53-50-47-45-43-41-38-31-29-27-25-23-20-17-14-11-8-5-2/h7,10,16,19,23-26,29-32,34-35,37,39,41-44,49,52,68H,4-6,8-9,11-15,17-18,20-22,27-28,33,36,38,40,45-48,50-51,53-67H2,1-3H3/b10-7-,19-16-,25-23-,26-24-,31-29-,32-30-,35-34-,39-37-,43-41-,44-42-,52-49-. The highest BCUT2D eigenvalue weighted by Gasteiger charge is 2.19. The summed E-state index contributed by atoms with van der Waals surface area (Å²) in [5, 5.41) is 0. The van der Waals surface area contributed by atoms with Crippen molar-refractivity contribution in [2.75, 3.05) is 13.2 Å². The molecular weight excluding hydrogens is 949 g/mol. The summed E-state index contributed by atoms with van der Waals surface area (Å²) in [5.74, 6) is -0.958. The lowest BCUT2D eigenvalue weighted by Gasteiger charge is -2.18. The van der Waals surface area contributed by atoms with Gasteiger partial charge in [-0.2, -0.15) is 0 Å². The highest BCUT2D eigenvalue weighted by atomic mass is 16.6. The van der Waals surface area contributed by atoms with Crippen LogP contribution in [-0.2, 0) is 28.6 Å². The summed E-state index contributed by atoms with van der Waals surface area (Å²) in [4.78, 5) is 38.2. The summed E-state index contributed by atoms with van der Waals surface area (Å²) in [6.45, 7) is 6.46. The maximum Gasteiger partial charge on any atom is 0.306 e. The zero-order chi connectivity index (χ0) is 55.7. The summed E-state index contributed by atoms with van der Waals surface area (Å²) in [7, 11) is 0. The van der Waals surface area contributed by atoms with Crippen molar-refractivity contribution in [3.63, 3.8) is 0 Å². The smallest absolute Gasteiger partial charge is 0.306 e. The molecule has 0 aromatic heterocycles. The van der Waals surface area contributed by atoms with Gasteiger partial charge in [0.15, 0.2) is 6.10 Å². The number of ether oxygens (including phenoxy) is 3. The number of unbranched alkanes of at least 4 members (excludes halogenated alkanes) is 23. The first kappa shape index (κ1) is 72.5. The molecule has 0 bridgehead atoms. The SMILES string of the molecule is CC/C=C\C/C=C\C/C=C\C/C=C\C/C=C\C/C=C\C/C=C\C/C=C\CCCCC(=O)OCC(COC(=O)CCCCCCCCCCCCC)OC(=O)CCCCCCCC/C=C\C/C=C\C/C=C\CCCCCCC. The molecule has 0 rings (SSSR count). The van der Waals surface area contributed by atoms with Crippen molar-refractivity contribution in [1.82, 2.24) is 0 Å². The molecule has 0 aliphatic heterocycles. The zero-order valence-corrected chi connectivity index (χ0v) is 49.9. The molecule has 0 amide bonds. The minimum absolute atomic E-state index is 0.0993. The van der Waals surface area contributed by atoms with E-state index in [1.807, 2.05) is 0 Å². The second-order valence-corrected chi connectivity index (χ2v) is 20.6. The largest absolute Gasteiger partial charge is 0.462 e. The van der Waals surface area contributed by atoms with E-state index < -0.39 is 6.10 Å². The molecule has 6 heteroatoms. The van der Waals surface area contributed by atoms with Gasteiger partial charge in [-0.25, -0.2) is 0 Å². The lowest BCUT2D eigenvalue weighted by molar-refractivity contribution is -0.167. The van der Waals surface area contributed by atoms with Gasteiger partial charge in [0.05, 0.1) is 0 Å². The number of hydrogen-bond acceptors (Lipinski definition) is 6. The Bertz CT molecular complexity index is 1650. The first-order chi connectivity index (χ1) is 38.0. The normalized spacial score (nSPS) is 13.0. The van der Waals surface area contributed by atoms with E-state index in [9.17, 15) is 14.4 Å². The van der Waals surface area contributed by atoms with Gasteiger partial charge in [-0.3, -0.25) is 14.4 Å². The van der Waals surface area contributed by atoms with Crippen LogP contribution in [0.3, 0.4) is 0 Å². The Labute approximate surface area is 475 Å². The van der Waals surface area contributed by atoms with Crippen LogP contribution in [-0.4, -0.2) is 37.2 Å². The van der Waals surface area contributed by atoms with E-state index in [2.05, 4.69) is 154 Å². The Balaban J connectivity index is 4.43. The second kappa shape index (κ2) is 64.1. The Morgan fingerprint density at radius 1 is 0.273 bits per heavy atom. The molecule has 0 aromatic rings. The van der Waals surface area contributed by atoms with Gasteiger partial charge in [0.25, 0.3) is 0 Å². The Hall–Kier alpha value is -4.45. The molecule has 0 saturated heterocycles. The quantitative estimate of drug-likeness (QED) is 0.0261. The molecule has 0 fully saturated rings. The van der Waals surface area contributed by atoms with Crippen LogP contribution >= 0.6 is 0 Å². The Morgan fingerprint density at radius 2 is 0.506 bits per heavy atom. The van der Waals surface area contributed by atoms with Gasteiger partial charge in [-0.05, 0) is 122 Å². The van der Waals surface area contributed by atoms with Crippen LogP contribution in [0.5, 0.6) is 0 Å². The average Bonchev–Trinajstić information content (AvgIpc) is 3.43. The van der Waals surface area contributed by atoms with E-state index in [4.69, 9.17) is 14.2 Å². The molecule has 0 saturated carbocycles. The summed E-state index contributed by atoms with van der Waals surface area (Å²) in [6, 6.07) is 0. The van der Waals surface area contributed by atoms with Crippen LogP contribution in [0.4, 0.5) is 0 Å². The molecule has 77 heavy (non-hydrogen) atoms. The lowest BCUT2D eigenvalue weighted by atomic mass is 10.1. The topological polar surface area (TPSA) is 78.9 Å². The molecular formula is C71H116O6. The molecule has 0 radical (unpaired) electrons. The molecule has 0 aliphatic rings. The number of rotatable bonds is 56. The third kappa shape index (κ3) is 62.3. The van der Waals surface area contributed by atoms with E-state index in [0.29, 0.717) is 25.7 Å². The van der Waals surface area contributed by atoms with Crippen molar-refractivity contribution in [3.05, 3.63) is 134 Å². The second-order valence-electron chi connectivity index (χ2n) is 20.6. The van der Waals surface area contributed by atoms with Crippen LogP contribution in [0.2, 0.25) is 0 Å². The summed E-state index contributed by atoms with van der Waals surface area (Å²) in [6.07, 6.45) is 90.2. The molecule has 0 aliphatic carbocycles. The number of esters is 3. The fourth-order valence-electron chi connectivity index (χ4n) is 8.41. The van der Waals surface area contributed by atoms with Gasteiger partial charge < -0.3 is 14.2 Å². The Morgan fingerprint density at radius 3 is 0.818 bits per heavy atom. The summed E-state index contributed by atoms with van der Waals surface area (Å²) >= 11 is 0. The maximum absolute atomic E-state index is 12.9. The first-order valence-electron chi connectivity index (χ1n) is 31.7. The molecule has 0 heterocycles. The van der Waals surface area contributed by atoms with E-state index in [1.165, 1.54) is 103 Å². The fourth-order valence-corrected chi connectivity index (χ4v) is 8.41. The third-order valence-electron chi connectivity index (χ3n) is 13.1. The third-order valence-corrected chi connectivity index (χ3v) is 13.1. The maximum atomic E-state index is 12.9. The van der Waals surface area contributed by atoms with Crippen molar-refractivity contribution >= 4 is 17.9 Å². The van der Waals surface area contributed by atoms with Gasteiger partial charge >= 0.3 is 17.9 Å². The monoisotopic (exact) mass is 1060 g/mol. The van der Waals surface area contributed by atoms with Gasteiger partial charge in [0.1, 0.15) is 13.2 Å². The van der Waals surface area contributed by atoms with Gasteiger partial charge in [-0.1, -0.05) is 270 Å². The van der Waals surface area contributed by atoms with Crippen LogP contribution in [0, 0.1) is 0 Å². The van der Waals surface area contributed by atoms with Crippen LogP contribution < -0.4 is 0 Å². The fraction of sp³-hybridized carbons (Fsp3) is 0.648. The molecule has 1 atom stereocenters. The number of hydrogen-bond donors (Lipinski definition) is 0. The minimum Gasteiger partial charge on any atom is -0.462 e. The highest BCUT2D eigenvalue weighted by Crippen LogP contribution is 2.15. The minimum atomic E-state index is -0.807. The number of carbonyl (C=O) groups excluding carboxylic acids is 3. The van der Waals surface area contributed by atoms with Crippen molar-refractivity contribution in [3.8, 4) is 0 Å². The van der Waals surface area contributed by atoms with E-state index in [1.54, 1.807) is 0 Å². The van der Waals surface area contributed by atoms with E-state index >= 15 is 0 Å². The van der Waals surface area contributed by atoms with Crippen LogP contribution in [0.25, 0.3) is 0 Å². The summed E-state index contributed by atoms with van der Waals surface area (Å²) < 4.78 is 16.8. The van der Waals surface area contributed by atoms with E-state index in [-0.39, 0.29) is 31.1 Å². The van der Waals surface area contributed by atoms with Crippen molar-refractivity contribution in [2.24, 2.45) is 0 Å². The molecule has 6 nitrogen and oxygen atoms in total. The lowest BCUT2D eigenvalue weighted by Crippen LogP contribution is -2.30. The van der Waals surface area contributed by atoms with Gasteiger partial charge in [0.2, 0.25) is 0 Å². The predicted octanol–water partition coefficient (Wildman–Crippen LogP) is 21.8. The van der Waals surface area contributed by atoms with Crippen molar-refractivity contribution in [1.29, 1.82) is 0 Å². The van der Waals surface area contributed by atoms with Crippen LogP contribution in [0.1, 0.15) is 278 Å². The first-order valence-corrected chi connectivity index (χ1v) is 31.7. The number of allylic oxidation sites excluding steroid dienone is 22. The summed E-state index contributed by atoms with van der Waals surface area (Å²) in [5.41, 5.74) is 0. The Kier molecular flexibility index (Phi) is 60.4. The van der Waals surface area contributed by atoms with E-state index in [0.717, 1.165) is 128 Å². The van der Waals surface area contributed by atoms with Crippen LogP contribution in [0.15, 0.2) is 134 Å². The van der Waals surface area contributed by atoms with Crippen molar-refractivity contribution in [2.45, 2.75) is 284 Å². The highest BCUT2D eigenvalue weighted by molar-refractivity contribution is 5.71.